The number of sulfonamides is 1. The number of carbonyl (C=O) groups excluding carboxylic acids is 2. The van der Waals surface area contributed by atoms with Crippen molar-refractivity contribution in [2.24, 2.45) is 0 Å². The van der Waals surface area contributed by atoms with Gasteiger partial charge in [-0.05, 0) is 49.6 Å². The first kappa shape index (κ1) is 24.1. The van der Waals surface area contributed by atoms with E-state index in [-0.39, 0.29) is 34.4 Å². The highest BCUT2D eigenvalue weighted by molar-refractivity contribution is 7.89. The van der Waals surface area contributed by atoms with Crippen LogP contribution in [0.2, 0.25) is 10.0 Å². The predicted molar refractivity (Wildman–Crippen MR) is 113 cm³/mol. The molecule has 0 saturated carbocycles. The van der Waals surface area contributed by atoms with E-state index in [4.69, 9.17) is 28.4 Å². The molecule has 0 spiro atoms. The number of hydrogen-bond donors (Lipinski definition) is 4. The van der Waals surface area contributed by atoms with E-state index in [1.54, 1.807) is 24.3 Å². The van der Waals surface area contributed by atoms with Gasteiger partial charge in [-0.15, -0.1) is 0 Å². The lowest BCUT2D eigenvalue weighted by molar-refractivity contribution is -0.131. The maximum absolute atomic E-state index is 12.4. The molecule has 0 aliphatic rings. The van der Waals surface area contributed by atoms with Crippen molar-refractivity contribution in [2.45, 2.75) is 30.2 Å². The maximum Gasteiger partial charge on any atom is 0.261 e. The van der Waals surface area contributed by atoms with E-state index < -0.39 is 22.0 Å². The molecule has 0 saturated heterocycles. The van der Waals surface area contributed by atoms with Crippen molar-refractivity contribution in [1.29, 1.82) is 0 Å². The van der Waals surface area contributed by atoms with E-state index in [1.807, 2.05) is 0 Å². The van der Waals surface area contributed by atoms with Crippen LogP contribution in [0.1, 0.15) is 29.6 Å². The zero-order valence-electron chi connectivity index (χ0n) is 15.8. The van der Waals surface area contributed by atoms with E-state index in [1.165, 1.54) is 29.7 Å². The molecule has 11 heteroatoms. The first-order chi connectivity index (χ1) is 14.2. The molecule has 30 heavy (non-hydrogen) atoms. The zero-order valence-corrected chi connectivity index (χ0v) is 18.1. The molecule has 4 N–H and O–H groups in total. The van der Waals surface area contributed by atoms with E-state index in [0.717, 1.165) is 0 Å². The van der Waals surface area contributed by atoms with Gasteiger partial charge in [0.15, 0.2) is 0 Å². The van der Waals surface area contributed by atoms with Crippen molar-refractivity contribution >= 4 is 45.0 Å². The summed E-state index contributed by atoms with van der Waals surface area (Å²) in [4.78, 5) is 24.0. The second-order valence-electron chi connectivity index (χ2n) is 6.34. The molecule has 2 rings (SSSR count). The van der Waals surface area contributed by atoms with Gasteiger partial charge in [0, 0.05) is 11.6 Å². The minimum absolute atomic E-state index is 0.00727. The fourth-order valence-corrected chi connectivity index (χ4v) is 4.37. The molecule has 0 radical (unpaired) electrons. The first-order valence-corrected chi connectivity index (χ1v) is 11.2. The summed E-state index contributed by atoms with van der Waals surface area (Å²) in [6, 6.07) is 11.0. The average molecular weight is 474 g/mol. The number of unbranched alkanes of at least 4 members (excludes halogenated alkanes) is 1. The second kappa shape index (κ2) is 11.3. The number of nitrogens with one attached hydrogen (secondary N) is 3. The third kappa shape index (κ3) is 6.96. The minimum Gasteiger partial charge on any atom is -0.352 e. The van der Waals surface area contributed by atoms with E-state index in [2.05, 4.69) is 10.0 Å². The van der Waals surface area contributed by atoms with Gasteiger partial charge in [-0.1, -0.05) is 41.4 Å². The van der Waals surface area contributed by atoms with Gasteiger partial charge in [0.05, 0.1) is 15.5 Å². The fraction of sp³-hybridized carbons (Fsp3) is 0.263. The average Bonchev–Trinajstić information content (AvgIpc) is 2.72. The summed E-state index contributed by atoms with van der Waals surface area (Å²) < 4.78 is 27.1. The molecule has 162 valence electrons. The SMILES string of the molecule is O=C(NCCCC[C@H](NS(=O)(=O)c1ccccc1)C(=O)NO)c1ccc(Cl)cc1Cl. The summed E-state index contributed by atoms with van der Waals surface area (Å²) in [5.41, 5.74) is 1.76. The Balaban J connectivity index is 1.86. The van der Waals surface area contributed by atoms with E-state index in [9.17, 15) is 18.0 Å². The van der Waals surface area contributed by atoms with Crippen LogP contribution in [0, 0.1) is 0 Å². The summed E-state index contributed by atoms with van der Waals surface area (Å²) in [6.07, 6.45) is 0.999. The van der Waals surface area contributed by atoms with Crippen molar-refractivity contribution in [3.63, 3.8) is 0 Å². The summed E-state index contributed by atoms with van der Waals surface area (Å²) in [5.74, 6) is -1.24. The Hall–Kier alpha value is -2.17. The standard InChI is InChI=1S/C19H21Cl2N3O5S/c20-13-9-10-15(16(21)12-13)18(25)22-11-5-4-8-17(19(26)23-27)24-30(28,29)14-6-2-1-3-7-14/h1-3,6-7,9-10,12,17,24,27H,4-5,8,11H2,(H,22,25)(H,23,26)/t17-/m0/s1. The molecule has 0 fully saturated rings. The molecule has 2 amide bonds. The van der Waals surface area contributed by atoms with E-state index in [0.29, 0.717) is 17.9 Å². The molecule has 2 aromatic carbocycles. The molecule has 0 unspecified atom stereocenters. The number of carbonyl (C=O) groups is 2. The topological polar surface area (TPSA) is 125 Å². The van der Waals surface area contributed by atoms with Gasteiger partial charge >= 0.3 is 0 Å². The van der Waals surface area contributed by atoms with Crippen LogP contribution in [0.5, 0.6) is 0 Å². The van der Waals surface area contributed by atoms with Crippen LogP contribution in [0.25, 0.3) is 0 Å². The highest BCUT2D eigenvalue weighted by atomic mass is 35.5. The van der Waals surface area contributed by atoms with E-state index >= 15 is 0 Å². The predicted octanol–water partition coefficient (Wildman–Crippen LogP) is 2.75. The van der Waals surface area contributed by atoms with Crippen LogP contribution >= 0.6 is 23.2 Å². The maximum atomic E-state index is 12.4. The third-order valence-electron chi connectivity index (χ3n) is 4.16. The van der Waals surface area contributed by atoms with Gasteiger partial charge in [0.1, 0.15) is 6.04 Å². The smallest absolute Gasteiger partial charge is 0.261 e. The monoisotopic (exact) mass is 473 g/mol. The van der Waals surface area contributed by atoms with Crippen molar-refractivity contribution in [3.8, 4) is 0 Å². The lowest BCUT2D eigenvalue weighted by atomic mass is 10.1. The van der Waals surface area contributed by atoms with Gasteiger partial charge in [0.25, 0.3) is 11.8 Å². The Morgan fingerprint density at radius 3 is 2.37 bits per heavy atom. The Kier molecular flexibility index (Phi) is 9.07. The number of benzene rings is 2. The molecule has 2 aromatic rings. The molecule has 0 aromatic heterocycles. The highest BCUT2D eigenvalue weighted by Gasteiger charge is 2.25. The largest absolute Gasteiger partial charge is 0.352 e. The minimum atomic E-state index is -3.93. The summed E-state index contributed by atoms with van der Waals surface area (Å²) in [5, 5.41) is 12.3. The van der Waals surface area contributed by atoms with Crippen LogP contribution in [0.3, 0.4) is 0 Å². The molecular weight excluding hydrogens is 453 g/mol. The number of amides is 2. The van der Waals surface area contributed by atoms with Crippen molar-refractivity contribution in [2.75, 3.05) is 6.54 Å². The fourth-order valence-electron chi connectivity index (χ4n) is 2.62. The summed E-state index contributed by atoms with van der Waals surface area (Å²) in [7, 11) is -3.93. The summed E-state index contributed by atoms with van der Waals surface area (Å²) in [6.45, 7) is 0.288. The van der Waals surface area contributed by atoms with Crippen molar-refractivity contribution < 1.29 is 23.2 Å². The normalized spacial score (nSPS) is 12.2. The molecule has 0 aliphatic carbocycles. The number of hydroxylamine groups is 1. The van der Waals surface area contributed by atoms with Gasteiger partial charge in [-0.2, -0.15) is 4.72 Å². The van der Waals surface area contributed by atoms with Gasteiger partial charge in [0.2, 0.25) is 10.0 Å². The van der Waals surface area contributed by atoms with Crippen LogP contribution < -0.4 is 15.5 Å². The Morgan fingerprint density at radius 2 is 1.73 bits per heavy atom. The number of halogens is 2. The molecule has 0 bridgehead atoms. The number of rotatable bonds is 10. The Morgan fingerprint density at radius 1 is 1.03 bits per heavy atom. The van der Waals surface area contributed by atoms with Crippen LogP contribution in [0.4, 0.5) is 0 Å². The Bertz CT molecular complexity index is 987. The quantitative estimate of drug-likeness (QED) is 0.240. The molecule has 8 nitrogen and oxygen atoms in total. The third-order valence-corrected chi connectivity index (χ3v) is 6.19. The highest BCUT2D eigenvalue weighted by Crippen LogP contribution is 2.20. The van der Waals surface area contributed by atoms with Crippen molar-refractivity contribution in [1.82, 2.24) is 15.5 Å². The van der Waals surface area contributed by atoms with Crippen molar-refractivity contribution in [3.05, 3.63) is 64.1 Å². The lowest BCUT2D eigenvalue weighted by Crippen LogP contribution is -2.45. The van der Waals surface area contributed by atoms with Gasteiger partial charge < -0.3 is 5.32 Å². The number of hydrogen-bond acceptors (Lipinski definition) is 5. The second-order valence-corrected chi connectivity index (χ2v) is 8.90. The first-order valence-electron chi connectivity index (χ1n) is 8.99. The molecule has 1 atom stereocenters. The van der Waals surface area contributed by atoms with Gasteiger partial charge in [-0.3, -0.25) is 14.8 Å². The lowest BCUT2D eigenvalue weighted by Gasteiger charge is -2.17. The molecule has 0 aliphatic heterocycles. The summed E-state index contributed by atoms with van der Waals surface area (Å²) >= 11 is 11.8. The van der Waals surface area contributed by atoms with Crippen LogP contribution in [-0.2, 0) is 14.8 Å². The van der Waals surface area contributed by atoms with Crippen LogP contribution in [-0.4, -0.2) is 38.0 Å². The zero-order chi connectivity index (χ0) is 22.1. The molecule has 0 heterocycles. The van der Waals surface area contributed by atoms with Gasteiger partial charge in [-0.25, -0.2) is 13.9 Å². The Labute approximate surface area is 184 Å². The molecular formula is C19H21Cl2N3O5S. The van der Waals surface area contributed by atoms with Crippen LogP contribution in [0.15, 0.2) is 53.4 Å².